The Balaban J connectivity index is 2.12. The van der Waals surface area contributed by atoms with Crippen LogP contribution in [0.25, 0.3) is 0 Å². The van der Waals surface area contributed by atoms with Crippen molar-refractivity contribution in [3.05, 3.63) is 22.3 Å². The quantitative estimate of drug-likeness (QED) is 0.796. The van der Waals surface area contributed by atoms with E-state index in [0.29, 0.717) is 0 Å². The molecule has 1 aliphatic rings. The average molecular weight is 287 g/mol. The molecule has 1 aromatic rings. The van der Waals surface area contributed by atoms with Gasteiger partial charge in [0, 0.05) is 24.9 Å². The van der Waals surface area contributed by atoms with E-state index in [0.717, 1.165) is 28.9 Å². The van der Waals surface area contributed by atoms with Crippen LogP contribution in [0.5, 0.6) is 0 Å². The summed E-state index contributed by atoms with van der Waals surface area (Å²) in [7, 11) is 3.34. The number of hydrogen-bond donors (Lipinski definition) is 0. The Morgan fingerprint density at radius 1 is 1.38 bits per heavy atom. The highest BCUT2D eigenvalue weighted by molar-refractivity contribution is 9.10. The summed E-state index contributed by atoms with van der Waals surface area (Å²) in [6, 6.07) is 2.06. The molecule has 5 heteroatoms. The maximum atomic E-state index is 5.34. The van der Waals surface area contributed by atoms with Gasteiger partial charge in [-0.05, 0) is 34.5 Å². The third kappa shape index (κ3) is 1.95. The summed E-state index contributed by atoms with van der Waals surface area (Å²) in [6.45, 7) is 3.48. The van der Waals surface area contributed by atoms with Crippen LogP contribution in [-0.4, -0.2) is 38.1 Å². The average Bonchev–Trinajstić information content (AvgIpc) is 2.20. The number of ether oxygens (including phenoxy) is 2. The molecule has 2 rings (SSSR count). The van der Waals surface area contributed by atoms with E-state index in [1.165, 1.54) is 0 Å². The summed E-state index contributed by atoms with van der Waals surface area (Å²) >= 11 is 3.40. The Morgan fingerprint density at radius 2 is 2.00 bits per heavy atom. The number of halogens is 1. The number of pyridine rings is 1. The highest BCUT2D eigenvalue weighted by atomic mass is 79.9. The number of methoxy groups -OCH3 is 2. The van der Waals surface area contributed by atoms with E-state index in [1.807, 2.05) is 13.1 Å². The zero-order chi connectivity index (χ0) is 11.8. The van der Waals surface area contributed by atoms with Crippen LogP contribution in [0.4, 0.5) is 5.82 Å². The van der Waals surface area contributed by atoms with Gasteiger partial charge in [0.15, 0.2) is 0 Å². The fourth-order valence-electron chi connectivity index (χ4n) is 1.89. The van der Waals surface area contributed by atoms with Gasteiger partial charge >= 0.3 is 0 Å². The van der Waals surface area contributed by atoms with Gasteiger partial charge in [0.25, 0.3) is 0 Å². The third-order valence-electron chi connectivity index (χ3n) is 2.92. The maximum Gasteiger partial charge on any atom is 0.203 e. The first-order valence-corrected chi connectivity index (χ1v) is 5.87. The minimum atomic E-state index is -0.457. The SMILES string of the molecule is COC1(OC)CN(c2ncc(Br)cc2C)C1. The standard InChI is InChI=1S/C11H15BrN2O2/c1-8-4-9(12)5-13-10(8)14-6-11(7-14,15-2)16-3/h4-5H,6-7H2,1-3H3. The second-order valence-electron chi connectivity index (χ2n) is 3.97. The Labute approximate surface area is 104 Å². The van der Waals surface area contributed by atoms with Crippen molar-refractivity contribution < 1.29 is 9.47 Å². The molecule has 0 radical (unpaired) electrons. The number of hydrogen-bond acceptors (Lipinski definition) is 4. The minimum absolute atomic E-state index is 0.457. The molecule has 0 aliphatic carbocycles. The predicted octanol–water partition coefficient (Wildman–Crippen LogP) is 1.96. The predicted molar refractivity (Wildman–Crippen MR) is 65.6 cm³/mol. The molecule has 0 aromatic carbocycles. The first kappa shape index (κ1) is 11.8. The van der Waals surface area contributed by atoms with Crippen molar-refractivity contribution in [2.75, 3.05) is 32.2 Å². The normalized spacial score (nSPS) is 18.4. The minimum Gasteiger partial charge on any atom is -0.350 e. The third-order valence-corrected chi connectivity index (χ3v) is 3.36. The van der Waals surface area contributed by atoms with E-state index in [4.69, 9.17) is 9.47 Å². The van der Waals surface area contributed by atoms with E-state index in [2.05, 4.69) is 31.9 Å². The highest BCUT2D eigenvalue weighted by Crippen LogP contribution is 2.31. The second-order valence-corrected chi connectivity index (χ2v) is 4.88. The van der Waals surface area contributed by atoms with Crippen molar-refractivity contribution in [2.45, 2.75) is 12.7 Å². The molecule has 0 saturated carbocycles. The molecular formula is C11H15BrN2O2. The van der Waals surface area contributed by atoms with Crippen LogP contribution < -0.4 is 4.90 Å². The fourth-order valence-corrected chi connectivity index (χ4v) is 2.34. The Bertz CT molecular complexity index is 386. The Hall–Kier alpha value is -0.650. The van der Waals surface area contributed by atoms with Crippen LogP contribution in [0.1, 0.15) is 5.56 Å². The first-order valence-electron chi connectivity index (χ1n) is 5.07. The van der Waals surface area contributed by atoms with Gasteiger partial charge in [0.1, 0.15) is 5.82 Å². The first-order chi connectivity index (χ1) is 7.60. The summed E-state index contributed by atoms with van der Waals surface area (Å²) < 4.78 is 11.7. The van der Waals surface area contributed by atoms with Crippen molar-refractivity contribution in [2.24, 2.45) is 0 Å². The molecule has 0 atom stereocenters. The van der Waals surface area contributed by atoms with Gasteiger partial charge < -0.3 is 14.4 Å². The lowest BCUT2D eigenvalue weighted by Gasteiger charge is -2.48. The number of rotatable bonds is 3. The van der Waals surface area contributed by atoms with E-state index in [9.17, 15) is 0 Å². The summed E-state index contributed by atoms with van der Waals surface area (Å²) in [5, 5.41) is 0. The molecule has 1 aromatic heterocycles. The van der Waals surface area contributed by atoms with Crippen molar-refractivity contribution in [3.8, 4) is 0 Å². The summed E-state index contributed by atoms with van der Waals surface area (Å²) in [5.74, 6) is 0.536. The summed E-state index contributed by atoms with van der Waals surface area (Å²) in [5.41, 5.74) is 1.15. The fraction of sp³-hybridized carbons (Fsp3) is 0.545. The molecule has 2 heterocycles. The van der Waals surface area contributed by atoms with Gasteiger partial charge in [-0.2, -0.15) is 0 Å². The molecule has 0 unspecified atom stereocenters. The van der Waals surface area contributed by atoms with Crippen molar-refractivity contribution in [1.29, 1.82) is 0 Å². The molecule has 1 saturated heterocycles. The van der Waals surface area contributed by atoms with E-state index in [-0.39, 0.29) is 0 Å². The number of anilines is 1. The Kier molecular flexibility index (Phi) is 3.19. The number of nitrogens with zero attached hydrogens (tertiary/aromatic N) is 2. The zero-order valence-electron chi connectivity index (χ0n) is 9.66. The van der Waals surface area contributed by atoms with Crippen molar-refractivity contribution >= 4 is 21.7 Å². The molecule has 0 amide bonds. The van der Waals surface area contributed by atoms with Gasteiger partial charge in [-0.15, -0.1) is 0 Å². The van der Waals surface area contributed by atoms with Crippen molar-refractivity contribution in [3.63, 3.8) is 0 Å². The van der Waals surface area contributed by atoms with Crippen molar-refractivity contribution in [1.82, 2.24) is 4.98 Å². The lowest BCUT2D eigenvalue weighted by Crippen LogP contribution is -2.64. The molecule has 0 bridgehead atoms. The number of aromatic nitrogens is 1. The largest absolute Gasteiger partial charge is 0.350 e. The lowest BCUT2D eigenvalue weighted by molar-refractivity contribution is -0.219. The van der Waals surface area contributed by atoms with Crippen LogP contribution in [-0.2, 0) is 9.47 Å². The van der Waals surface area contributed by atoms with E-state index in [1.54, 1.807) is 14.2 Å². The second kappa shape index (κ2) is 4.31. The maximum absolute atomic E-state index is 5.34. The summed E-state index contributed by atoms with van der Waals surface area (Å²) in [6.07, 6.45) is 1.81. The van der Waals surface area contributed by atoms with Gasteiger partial charge in [0.05, 0.1) is 13.1 Å². The van der Waals surface area contributed by atoms with E-state index < -0.39 is 5.79 Å². The molecule has 1 fully saturated rings. The molecule has 4 nitrogen and oxygen atoms in total. The van der Waals surface area contributed by atoms with Gasteiger partial charge in [-0.3, -0.25) is 0 Å². The zero-order valence-corrected chi connectivity index (χ0v) is 11.2. The number of aryl methyl sites for hydroxylation is 1. The van der Waals surface area contributed by atoms with Gasteiger partial charge in [-0.1, -0.05) is 0 Å². The topological polar surface area (TPSA) is 34.6 Å². The summed E-state index contributed by atoms with van der Waals surface area (Å²) in [4.78, 5) is 6.55. The molecule has 1 aliphatic heterocycles. The molecule has 88 valence electrons. The molecule has 0 spiro atoms. The van der Waals surface area contributed by atoms with E-state index >= 15 is 0 Å². The smallest absolute Gasteiger partial charge is 0.203 e. The monoisotopic (exact) mass is 286 g/mol. The molecule has 0 N–H and O–H groups in total. The van der Waals surface area contributed by atoms with Crippen LogP contribution in [0, 0.1) is 6.92 Å². The van der Waals surface area contributed by atoms with Gasteiger partial charge in [-0.25, -0.2) is 4.98 Å². The van der Waals surface area contributed by atoms with Crippen LogP contribution >= 0.6 is 15.9 Å². The Morgan fingerprint density at radius 3 is 2.50 bits per heavy atom. The molecule has 16 heavy (non-hydrogen) atoms. The van der Waals surface area contributed by atoms with Crippen LogP contribution in [0.15, 0.2) is 16.7 Å². The van der Waals surface area contributed by atoms with Crippen LogP contribution in [0.3, 0.4) is 0 Å². The highest BCUT2D eigenvalue weighted by Gasteiger charge is 2.44. The molecular weight excluding hydrogens is 272 g/mol. The van der Waals surface area contributed by atoms with Gasteiger partial charge in [0.2, 0.25) is 5.79 Å². The van der Waals surface area contributed by atoms with Crippen LogP contribution in [0.2, 0.25) is 0 Å². The lowest BCUT2D eigenvalue weighted by atomic mass is 10.1.